The van der Waals surface area contributed by atoms with Crippen molar-refractivity contribution < 1.29 is 34.3 Å². The van der Waals surface area contributed by atoms with E-state index < -0.39 is 30.7 Å². The molecule has 4 fully saturated rings. The largest absolute Gasteiger partial charge is 0.463 e. The van der Waals surface area contributed by atoms with Gasteiger partial charge in [0.1, 0.15) is 31.0 Å². The number of rotatable bonds is 22. The smallest absolute Gasteiger partial charge is 0.305 e. The van der Waals surface area contributed by atoms with Gasteiger partial charge >= 0.3 is 5.97 Å². The van der Waals surface area contributed by atoms with Crippen LogP contribution in [0.2, 0.25) is 0 Å². The monoisotopic (exact) mass is 823 g/mol. The standard InChI is InChI=1S/C52H86O7/c1-8-9-10-11-12-13-14-15-16-17-18-19-20-21-22-23-46(53)57-35-45-47(54)48(55)49(56)50(59-45)58-40-30-32-51(6)39(34-40)26-27-41-43-29-28-42(52(43,7)33-31-44(41)51)38(5)25-24-37(4)36(2)3/h9-10,12-13,15-16,26,36-38,40-45,47-50,54-56H,8,11,14,17-25,27-35H2,1-7H3/b10-9-,13-12-,16-15-. The molecule has 4 aliphatic carbocycles. The Morgan fingerprint density at radius 1 is 0.831 bits per heavy atom. The second-order valence-corrected chi connectivity index (χ2v) is 20.6. The summed E-state index contributed by atoms with van der Waals surface area (Å²) >= 11 is 0. The van der Waals surface area contributed by atoms with Crippen LogP contribution >= 0.6 is 0 Å². The Bertz CT molecular complexity index is 1400. The van der Waals surface area contributed by atoms with Crippen LogP contribution in [0.1, 0.15) is 177 Å². The van der Waals surface area contributed by atoms with Crippen LogP contribution in [0.25, 0.3) is 0 Å². The fourth-order valence-electron chi connectivity index (χ4n) is 12.3. The van der Waals surface area contributed by atoms with Crippen molar-refractivity contribution in [3.8, 4) is 0 Å². The predicted molar refractivity (Wildman–Crippen MR) is 239 cm³/mol. The molecule has 3 N–H and O–H groups in total. The summed E-state index contributed by atoms with van der Waals surface area (Å²) in [4.78, 5) is 12.6. The summed E-state index contributed by atoms with van der Waals surface area (Å²) in [6, 6.07) is 0. The van der Waals surface area contributed by atoms with Crippen molar-refractivity contribution in [2.75, 3.05) is 6.61 Å². The van der Waals surface area contributed by atoms with Gasteiger partial charge in [-0.1, -0.05) is 129 Å². The van der Waals surface area contributed by atoms with E-state index in [0.717, 1.165) is 119 Å². The molecule has 7 heteroatoms. The van der Waals surface area contributed by atoms with Crippen molar-refractivity contribution in [2.24, 2.45) is 52.3 Å². The lowest BCUT2D eigenvalue weighted by molar-refractivity contribution is -0.313. The highest BCUT2D eigenvalue weighted by Crippen LogP contribution is 2.67. The van der Waals surface area contributed by atoms with Crippen LogP contribution in [0.4, 0.5) is 0 Å². The minimum absolute atomic E-state index is 0.147. The van der Waals surface area contributed by atoms with E-state index in [2.05, 4.69) is 91.0 Å². The number of carbonyl (C=O) groups is 1. The molecule has 0 radical (unpaired) electrons. The zero-order valence-electron chi connectivity index (χ0n) is 38.4. The van der Waals surface area contributed by atoms with Crippen molar-refractivity contribution in [1.29, 1.82) is 0 Å². The predicted octanol–water partition coefficient (Wildman–Crippen LogP) is 11.6. The van der Waals surface area contributed by atoms with Crippen LogP contribution in [0.3, 0.4) is 0 Å². The first-order valence-corrected chi connectivity index (χ1v) is 24.4. The molecule has 5 rings (SSSR count). The summed E-state index contributed by atoms with van der Waals surface area (Å²) in [5, 5.41) is 32.5. The molecular formula is C52H86O7. The maximum Gasteiger partial charge on any atom is 0.305 e. The number of aliphatic hydroxyl groups excluding tert-OH is 3. The quantitative estimate of drug-likeness (QED) is 0.0567. The number of unbranched alkanes of at least 4 members (excludes halogenated alkanes) is 5. The molecule has 0 aromatic rings. The summed E-state index contributed by atoms with van der Waals surface area (Å²) in [5.41, 5.74) is 2.11. The van der Waals surface area contributed by atoms with E-state index in [1.54, 1.807) is 0 Å². The van der Waals surface area contributed by atoms with Crippen LogP contribution in [0.5, 0.6) is 0 Å². The van der Waals surface area contributed by atoms with Crippen molar-refractivity contribution in [2.45, 2.75) is 214 Å². The van der Waals surface area contributed by atoms with Gasteiger partial charge in [-0.2, -0.15) is 0 Å². The van der Waals surface area contributed by atoms with E-state index in [1.807, 2.05) is 0 Å². The van der Waals surface area contributed by atoms with Crippen molar-refractivity contribution in [3.63, 3.8) is 0 Å². The average Bonchev–Trinajstić information content (AvgIpc) is 3.58. The SMILES string of the molecule is CC/C=C\C/C=C\C/C=C\CCCCCCCC(=O)OCC1OC(OC2CCC3(C)C(=CCC4C3CCC3(C)C(C(C)CCC(C)C(C)C)CCC43)C2)C(O)C(O)C1O. The molecule has 59 heavy (non-hydrogen) atoms. The van der Waals surface area contributed by atoms with Gasteiger partial charge in [0.05, 0.1) is 6.10 Å². The Balaban J connectivity index is 1.03. The van der Waals surface area contributed by atoms with Gasteiger partial charge in [-0.3, -0.25) is 4.79 Å². The molecule has 1 aliphatic heterocycles. The zero-order chi connectivity index (χ0) is 42.6. The molecule has 0 bridgehead atoms. The second kappa shape index (κ2) is 23.1. The van der Waals surface area contributed by atoms with Gasteiger partial charge in [0.15, 0.2) is 6.29 Å². The van der Waals surface area contributed by atoms with Crippen molar-refractivity contribution >= 4 is 5.97 Å². The van der Waals surface area contributed by atoms with Crippen molar-refractivity contribution in [1.82, 2.24) is 0 Å². The zero-order valence-corrected chi connectivity index (χ0v) is 38.4. The van der Waals surface area contributed by atoms with E-state index in [4.69, 9.17) is 14.2 Å². The summed E-state index contributed by atoms with van der Waals surface area (Å²) in [6.45, 7) is 16.9. The minimum Gasteiger partial charge on any atom is -0.463 e. The molecule has 1 saturated heterocycles. The molecular weight excluding hydrogens is 737 g/mol. The highest BCUT2D eigenvalue weighted by atomic mass is 16.7. The topological polar surface area (TPSA) is 105 Å². The number of hydrogen-bond donors (Lipinski definition) is 3. The molecule has 0 spiro atoms. The highest BCUT2D eigenvalue weighted by molar-refractivity contribution is 5.69. The number of esters is 1. The maximum absolute atomic E-state index is 12.6. The first kappa shape index (κ1) is 48.3. The molecule has 14 atom stereocenters. The lowest BCUT2D eigenvalue weighted by Crippen LogP contribution is -2.60. The third-order valence-corrected chi connectivity index (χ3v) is 16.5. The summed E-state index contributed by atoms with van der Waals surface area (Å²) in [7, 11) is 0. The second-order valence-electron chi connectivity index (χ2n) is 20.6. The molecule has 5 aliphatic rings. The Kier molecular flexibility index (Phi) is 18.9. The number of aliphatic hydroxyl groups is 3. The minimum atomic E-state index is -1.45. The number of fused-ring (bicyclic) bond motifs is 5. The van der Waals surface area contributed by atoms with E-state index in [9.17, 15) is 20.1 Å². The van der Waals surface area contributed by atoms with Gasteiger partial charge in [0, 0.05) is 6.42 Å². The Morgan fingerprint density at radius 3 is 2.29 bits per heavy atom. The Morgan fingerprint density at radius 2 is 1.54 bits per heavy atom. The summed E-state index contributed by atoms with van der Waals surface area (Å²) in [5.74, 6) is 5.12. The van der Waals surface area contributed by atoms with Crippen LogP contribution in [-0.2, 0) is 19.0 Å². The molecule has 336 valence electrons. The first-order chi connectivity index (χ1) is 28.3. The van der Waals surface area contributed by atoms with Gasteiger partial charge < -0.3 is 29.5 Å². The molecule has 0 amide bonds. The highest BCUT2D eigenvalue weighted by Gasteiger charge is 2.59. The lowest BCUT2D eigenvalue weighted by atomic mass is 9.47. The van der Waals surface area contributed by atoms with Crippen LogP contribution in [0, 0.1) is 52.3 Å². The molecule has 0 aromatic carbocycles. The summed E-state index contributed by atoms with van der Waals surface area (Å²) in [6.07, 6.45) is 31.0. The fraction of sp³-hybridized carbons (Fsp3) is 0.827. The van der Waals surface area contributed by atoms with E-state index in [1.165, 1.54) is 44.1 Å². The Hall–Kier alpha value is -1.77. The normalized spacial score (nSPS) is 37.1. The fourth-order valence-corrected chi connectivity index (χ4v) is 12.3. The van der Waals surface area contributed by atoms with Crippen LogP contribution in [-0.4, -0.2) is 64.7 Å². The Labute approximate surface area is 359 Å². The summed E-state index contributed by atoms with van der Waals surface area (Å²) < 4.78 is 18.0. The van der Waals surface area contributed by atoms with Gasteiger partial charge in [0.25, 0.3) is 0 Å². The van der Waals surface area contributed by atoms with Gasteiger partial charge in [-0.15, -0.1) is 0 Å². The van der Waals surface area contributed by atoms with Gasteiger partial charge in [-0.25, -0.2) is 0 Å². The molecule has 1 heterocycles. The average molecular weight is 823 g/mol. The van der Waals surface area contributed by atoms with E-state index in [0.29, 0.717) is 17.8 Å². The molecule has 7 nitrogen and oxygen atoms in total. The molecule has 14 unspecified atom stereocenters. The third kappa shape index (κ3) is 12.5. The van der Waals surface area contributed by atoms with Crippen LogP contribution < -0.4 is 0 Å². The molecule has 3 saturated carbocycles. The first-order valence-electron chi connectivity index (χ1n) is 24.4. The van der Waals surface area contributed by atoms with Gasteiger partial charge in [0.2, 0.25) is 0 Å². The number of hydrogen-bond acceptors (Lipinski definition) is 7. The van der Waals surface area contributed by atoms with Gasteiger partial charge in [-0.05, 0) is 142 Å². The third-order valence-electron chi connectivity index (χ3n) is 16.5. The number of allylic oxidation sites excluding steroid dienone is 7. The van der Waals surface area contributed by atoms with E-state index >= 15 is 0 Å². The molecule has 0 aromatic heterocycles. The van der Waals surface area contributed by atoms with Crippen molar-refractivity contribution in [3.05, 3.63) is 48.1 Å². The number of ether oxygens (including phenoxy) is 3. The lowest BCUT2D eigenvalue weighted by Gasteiger charge is -2.58. The van der Waals surface area contributed by atoms with Crippen LogP contribution in [0.15, 0.2) is 48.1 Å². The van der Waals surface area contributed by atoms with E-state index in [-0.39, 0.29) is 24.1 Å². The number of carbonyl (C=O) groups excluding carboxylic acids is 1. The maximum atomic E-state index is 12.6.